The van der Waals surface area contributed by atoms with Gasteiger partial charge in [0.05, 0.1) is 22.0 Å². The molecular weight excluding hydrogens is 372 g/mol. The van der Waals surface area contributed by atoms with Crippen molar-refractivity contribution in [2.75, 3.05) is 0 Å². The lowest BCUT2D eigenvalue weighted by Gasteiger charge is -2.11. The van der Waals surface area contributed by atoms with Crippen molar-refractivity contribution >= 4 is 31.9 Å². The first-order valence-electron chi connectivity index (χ1n) is 6.16. The zero-order chi connectivity index (χ0) is 14.0. The summed E-state index contributed by atoms with van der Waals surface area (Å²) in [7, 11) is 1.91. The third kappa shape index (κ3) is 3.27. The van der Waals surface area contributed by atoms with Gasteiger partial charge in [-0.1, -0.05) is 35.0 Å². The van der Waals surface area contributed by atoms with E-state index in [0.717, 1.165) is 32.3 Å². The minimum absolute atomic E-state index is 0.524. The highest BCUT2D eigenvalue weighted by Gasteiger charge is 2.17. The molecule has 1 N–H and O–H groups in total. The maximum absolute atomic E-state index is 10.3. The van der Waals surface area contributed by atoms with E-state index in [0.29, 0.717) is 6.42 Å². The molecule has 0 aliphatic heterocycles. The zero-order valence-electron chi connectivity index (χ0n) is 10.9. The van der Waals surface area contributed by atoms with Crippen LogP contribution in [-0.2, 0) is 19.9 Å². The van der Waals surface area contributed by atoms with E-state index >= 15 is 0 Å². The molecule has 0 aliphatic carbocycles. The number of halogens is 2. The van der Waals surface area contributed by atoms with Gasteiger partial charge in [-0.25, -0.2) is 0 Å². The third-order valence-corrected chi connectivity index (χ3v) is 4.59. The van der Waals surface area contributed by atoms with Gasteiger partial charge in [0.2, 0.25) is 0 Å². The number of benzene rings is 1. The van der Waals surface area contributed by atoms with E-state index in [4.69, 9.17) is 0 Å². The standard InChI is InChI=1S/C14H16Br2N2O/c1-3-11-14(16)12(18(2)17-11)8-13(19)9-4-6-10(15)7-5-9/h4-7,13,19H,3,8H2,1-2H3. The molecule has 1 aromatic heterocycles. The molecule has 102 valence electrons. The van der Waals surface area contributed by atoms with Crippen LogP contribution in [0.15, 0.2) is 33.2 Å². The van der Waals surface area contributed by atoms with Crippen molar-refractivity contribution in [3.05, 3.63) is 50.2 Å². The fourth-order valence-electron chi connectivity index (χ4n) is 2.03. The Morgan fingerprint density at radius 1 is 1.26 bits per heavy atom. The monoisotopic (exact) mass is 386 g/mol. The molecule has 0 spiro atoms. The molecule has 2 aromatic rings. The lowest BCUT2D eigenvalue weighted by molar-refractivity contribution is 0.175. The molecule has 1 aromatic carbocycles. The molecule has 19 heavy (non-hydrogen) atoms. The lowest BCUT2D eigenvalue weighted by Crippen LogP contribution is -2.06. The summed E-state index contributed by atoms with van der Waals surface area (Å²) >= 11 is 6.97. The number of aliphatic hydroxyl groups excluding tert-OH is 1. The highest BCUT2D eigenvalue weighted by atomic mass is 79.9. The predicted molar refractivity (Wildman–Crippen MR) is 83.1 cm³/mol. The van der Waals surface area contributed by atoms with Gasteiger partial charge < -0.3 is 5.11 Å². The summed E-state index contributed by atoms with van der Waals surface area (Å²) < 4.78 is 3.86. The van der Waals surface area contributed by atoms with E-state index < -0.39 is 6.10 Å². The number of hydrogen-bond acceptors (Lipinski definition) is 2. The number of aliphatic hydroxyl groups is 1. The van der Waals surface area contributed by atoms with E-state index in [1.165, 1.54) is 0 Å². The van der Waals surface area contributed by atoms with Crippen molar-refractivity contribution in [1.29, 1.82) is 0 Å². The highest BCUT2D eigenvalue weighted by molar-refractivity contribution is 9.10. The first-order valence-corrected chi connectivity index (χ1v) is 7.75. The molecule has 0 fully saturated rings. The number of rotatable bonds is 4. The topological polar surface area (TPSA) is 38.0 Å². The van der Waals surface area contributed by atoms with Crippen LogP contribution in [0.4, 0.5) is 0 Å². The van der Waals surface area contributed by atoms with Gasteiger partial charge in [-0.15, -0.1) is 0 Å². The molecule has 2 rings (SSSR count). The van der Waals surface area contributed by atoms with E-state index in [1.54, 1.807) is 0 Å². The minimum atomic E-state index is -0.524. The molecule has 1 unspecified atom stereocenters. The largest absolute Gasteiger partial charge is 0.388 e. The van der Waals surface area contributed by atoms with E-state index in [-0.39, 0.29) is 0 Å². The molecule has 0 saturated carbocycles. The summed E-state index contributed by atoms with van der Waals surface area (Å²) in [5.41, 5.74) is 2.96. The van der Waals surface area contributed by atoms with Gasteiger partial charge in [0, 0.05) is 17.9 Å². The summed E-state index contributed by atoms with van der Waals surface area (Å²) in [5.74, 6) is 0. The second-order valence-corrected chi connectivity index (χ2v) is 6.16. The quantitative estimate of drug-likeness (QED) is 0.866. The van der Waals surface area contributed by atoms with Crippen LogP contribution >= 0.6 is 31.9 Å². The van der Waals surface area contributed by atoms with Crippen molar-refractivity contribution in [2.45, 2.75) is 25.9 Å². The molecule has 0 amide bonds. The number of aromatic nitrogens is 2. The molecule has 1 atom stereocenters. The molecule has 0 saturated heterocycles. The molecule has 3 nitrogen and oxygen atoms in total. The van der Waals surface area contributed by atoms with Crippen LogP contribution in [0, 0.1) is 0 Å². The number of nitrogens with zero attached hydrogens (tertiary/aromatic N) is 2. The first kappa shape index (κ1) is 14.8. The van der Waals surface area contributed by atoms with Gasteiger partial charge >= 0.3 is 0 Å². The second-order valence-electron chi connectivity index (χ2n) is 4.46. The van der Waals surface area contributed by atoms with E-state index in [9.17, 15) is 5.11 Å². The van der Waals surface area contributed by atoms with Crippen LogP contribution in [0.1, 0.15) is 30.0 Å². The molecule has 1 heterocycles. The maximum atomic E-state index is 10.3. The van der Waals surface area contributed by atoms with Crippen molar-refractivity contribution in [3.63, 3.8) is 0 Å². The first-order chi connectivity index (χ1) is 9.02. The molecule has 5 heteroatoms. The zero-order valence-corrected chi connectivity index (χ0v) is 14.1. The van der Waals surface area contributed by atoms with E-state index in [1.807, 2.05) is 36.0 Å². The van der Waals surface area contributed by atoms with Crippen molar-refractivity contribution in [3.8, 4) is 0 Å². The third-order valence-electron chi connectivity index (χ3n) is 3.14. The summed E-state index contributed by atoms with van der Waals surface area (Å²) in [4.78, 5) is 0. The predicted octanol–water partition coefficient (Wildman–Crippen LogP) is 3.78. The maximum Gasteiger partial charge on any atom is 0.0845 e. The minimum Gasteiger partial charge on any atom is -0.388 e. The lowest BCUT2D eigenvalue weighted by atomic mass is 10.0. The summed E-state index contributed by atoms with van der Waals surface area (Å²) in [6, 6.07) is 7.74. The van der Waals surface area contributed by atoms with Crippen molar-refractivity contribution < 1.29 is 5.11 Å². The Bertz CT molecular complexity index is 564. The van der Waals surface area contributed by atoms with Crippen molar-refractivity contribution in [1.82, 2.24) is 9.78 Å². The van der Waals surface area contributed by atoms with Crippen LogP contribution in [-0.4, -0.2) is 14.9 Å². The van der Waals surface area contributed by atoms with Crippen molar-refractivity contribution in [2.24, 2.45) is 7.05 Å². The van der Waals surface area contributed by atoms with Gasteiger partial charge in [-0.05, 0) is 40.0 Å². The van der Waals surface area contributed by atoms with Crippen LogP contribution in [0.5, 0.6) is 0 Å². The summed E-state index contributed by atoms with van der Waals surface area (Å²) in [5, 5.41) is 14.8. The fraction of sp³-hybridized carbons (Fsp3) is 0.357. The van der Waals surface area contributed by atoms with Gasteiger partial charge in [-0.2, -0.15) is 5.10 Å². The molecule has 0 radical (unpaired) electrons. The summed E-state index contributed by atoms with van der Waals surface area (Å²) in [6.07, 6.45) is 0.902. The smallest absolute Gasteiger partial charge is 0.0845 e. The summed E-state index contributed by atoms with van der Waals surface area (Å²) in [6.45, 7) is 2.07. The van der Waals surface area contributed by atoms with Crippen LogP contribution < -0.4 is 0 Å². The number of aryl methyl sites for hydroxylation is 2. The van der Waals surface area contributed by atoms with E-state index in [2.05, 4.69) is 43.9 Å². The highest BCUT2D eigenvalue weighted by Crippen LogP contribution is 2.27. The SMILES string of the molecule is CCc1nn(C)c(CC(O)c2ccc(Br)cc2)c1Br. The Labute approximate surface area is 129 Å². The Balaban J connectivity index is 2.21. The Morgan fingerprint density at radius 3 is 2.42 bits per heavy atom. The fourth-order valence-corrected chi connectivity index (χ4v) is 3.07. The van der Waals surface area contributed by atoms with Crippen LogP contribution in [0.3, 0.4) is 0 Å². The van der Waals surface area contributed by atoms with Gasteiger partial charge in [0.1, 0.15) is 0 Å². The Morgan fingerprint density at radius 2 is 1.89 bits per heavy atom. The van der Waals surface area contributed by atoms with Crippen LogP contribution in [0.2, 0.25) is 0 Å². The van der Waals surface area contributed by atoms with Gasteiger partial charge in [0.25, 0.3) is 0 Å². The Kier molecular flexibility index (Phi) is 4.81. The molecule has 0 bridgehead atoms. The molecular formula is C14H16Br2N2O. The number of hydrogen-bond donors (Lipinski definition) is 1. The average molecular weight is 388 g/mol. The van der Waals surface area contributed by atoms with Gasteiger partial charge in [-0.3, -0.25) is 4.68 Å². The Hall–Kier alpha value is -0.650. The average Bonchev–Trinajstić information content (AvgIpc) is 2.67. The normalized spacial score (nSPS) is 12.7. The second kappa shape index (κ2) is 6.20. The van der Waals surface area contributed by atoms with Gasteiger partial charge in [0.15, 0.2) is 0 Å². The molecule has 0 aliphatic rings. The van der Waals surface area contributed by atoms with Crippen LogP contribution in [0.25, 0.3) is 0 Å².